The maximum absolute atomic E-state index is 14.0. The number of nitrogens with one attached hydrogen (secondary N) is 1. The normalized spacial score (nSPS) is 10.5. The predicted octanol–water partition coefficient (Wildman–Crippen LogP) is 4.53. The first-order chi connectivity index (χ1) is 13.0. The van der Waals surface area contributed by atoms with Gasteiger partial charge in [-0.1, -0.05) is 35.3 Å². The van der Waals surface area contributed by atoms with E-state index in [0.717, 1.165) is 5.56 Å². The van der Waals surface area contributed by atoms with Gasteiger partial charge in [0.2, 0.25) is 5.88 Å². The third kappa shape index (κ3) is 4.35. The molecule has 1 amide bonds. The van der Waals surface area contributed by atoms with E-state index in [1.807, 2.05) is 0 Å². The van der Waals surface area contributed by atoms with Crippen molar-refractivity contribution in [3.8, 4) is 17.3 Å². The van der Waals surface area contributed by atoms with Crippen LogP contribution in [0.5, 0.6) is 5.88 Å². The van der Waals surface area contributed by atoms with E-state index in [1.54, 1.807) is 30.3 Å². The number of hydrogen-bond donors (Lipinski definition) is 1. The van der Waals surface area contributed by atoms with Crippen LogP contribution in [0.2, 0.25) is 10.0 Å². The number of ether oxygens (including phenoxy) is 1. The zero-order valence-electron chi connectivity index (χ0n) is 14.2. The number of rotatable bonds is 5. The molecule has 0 unspecified atom stereocenters. The third-order valence-corrected chi connectivity index (χ3v) is 4.37. The number of nitrogens with zero attached hydrogens (tertiary/aromatic N) is 2. The summed E-state index contributed by atoms with van der Waals surface area (Å²) in [5.74, 6) is -0.603. The van der Waals surface area contributed by atoms with Gasteiger partial charge in [0.15, 0.2) is 5.82 Å². The first-order valence-corrected chi connectivity index (χ1v) is 8.63. The number of halogens is 3. The molecule has 1 N–H and O–H groups in total. The molecule has 5 nitrogen and oxygen atoms in total. The predicted molar refractivity (Wildman–Crippen MR) is 102 cm³/mol. The molecule has 0 fully saturated rings. The second-order valence-corrected chi connectivity index (χ2v) is 6.33. The van der Waals surface area contributed by atoms with E-state index in [1.165, 1.54) is 25.4 Å². The Balaban J connectivity index is 1.72. The zero-order chi connectivity index (χ0) is 19.4. The average molecular weight is 406 g/mol. The van der Waals surface area contributed by atoms with Crippen molar-refractivity contribution in [2.24, 2.45) is 0 Å². The van der Waals surface area contributed by atoms with E-state index in [-0.39, 0.29) is 27.8 Å². The maximum Gasteiger partial charge on any atom is 0.254 e. The summed E-state index contributed by atoms with van der Waals surface area (Å²) in [4.78, 5) is 20.6. The summed E-state index contributed by atoms with van der Waals surface area (Å²) in [7, 11) is 1.45. The summed E-state index contributed by atoms with van der Waals surface area (Å²) in [5, 5.41) is 3.27. The molecule has 2 aromatic heterocycles. The molecule has 138 valence electrons. The Hall–Kier alpha value is -2.70. The van der Waals surface area contributed by atoms with Crippen molar-refractivity contribution in [3.05, 3.63) is 75.7 Å². The van der Waals surface area contributed by atoms with Crippen molar-refractivity contribution < 1.29 is 13.9 Å². The molecule has 0 aliphatic heterocycles. The Morgan fingerprint density at radius 2 is 1.89 bits per heavy atom. The van der Waals surface area contributed by atoms with Crippen LogP contribution in [0, 0.1) is 5.82 Å². The molecule has 3 rings (SSSR count). The van der Waals surface area contributed by atoms with E-state index in [2.05, 4.69) is 15.3 Å². The number of carbonyl (C=O) groups excluding carboxylic acids is 1. The molecular formula is C19H14Cl2FN3O2. The van der Waals surface area contributed by atoms with Gasteiger partial charge in [0.25, 0.3) is 5.91 Å². The fourth-order valence-corrected chi connectivity index (χ4v) is 2.94. The molecule has 0 aliphatic rings. The fraction of sp³-hybridized carbons (Fsp3) is 0.105. The van der Waals surface area contributed by atoms with E-state index in [4.69, 9.17) is 27.9 Å². The van der Waals surface area contributed by atoms with Crippen LogP contribution in [0.4, 0.5) is 4.39 Å². The minimum atomic E-state index is -0.502. The Morgan fingerprint density at radius 3 is 2.52 bits per heavy atom. The van der Waals surface area contributed by atoms with Crippen molar-refractivity contribution in [1.29, 1.82) is 0 Å². The average Bonchev–Trinajstić information content (AvgIpc) is 2.67. The molecule has 0 atom stereocenters. The molecular weight excluding hydrogens is 392 g/mol. The topological polar surface area (TPSA) is 64.1 Å². The smallest absolute Gasteiger partial charge is 0.254 e. The summed E-state index contributed by atoms with van der Waals surface area (Å²) < 4.78 is 19.0. The molecule has 1 aromatic carbocycles. The minimum absolute atomic E-state index is 0.0905. The number of pyridine rings is 2. The van der Waals surface area contributed by atoms with Crippen LogP contribution in [-0.4, -0.2) is 23.0 Å². The molecule has 0 aliphatic carbocycles. The number of methoxy groups -OCH3 is 1. The van der Waals surface area contributed by atoms with E-state index in [0.29, 0.717) is 11.6 Å². The van der Waals surface area contributed by atoms with Crippen LogP contribution in [0.3, 0.4) is 0 Å². The van der Waals surface area contributed by atoms with E-state index >= 15 is 0 Å². The van der Waals surface area contributed by atoms with Crippen molar-refractivity contribution in [1.82, 2.24) is 15.3 Å². The largest absolute Gasteiger partial charge is 0.481 e. The Labute approximate surface area is 165 Å². The van der Waals surface area contributed by atoms with Crippen LogP contribution in [0.1, 0.15) is 15.9 Å². The van der Waals surface area contributed by atoms with Crippen LogP contribution >= 0.6 is 23.2 Å². The molecule has 0 saturated heterocycles. The Morgan fingerprint density at radius 1 is 1.15 bits per heavy atom. The number of carbonyl (C=O) groups is 1. The molecule has 0 saturated carbocycles. The van der Waals surface area contributed by atoms with Gasteiger partial charge in [0, 0.05) is 18.8 Å². The number of amides is 1. The lowest BCUT2D eigenvalue weighted by Crippen LogP contribution is -2.23. The molecule has 27 heavy (non-hydrogen) atoms. The highest BCUT2D eigenvalue weighted by Gasteiger charge is 2.14. The van der Waals surface area contributed by atoms with Gasteiger partial charge in [-0.3, -0.25) is 9.78 Å². The van der Waals surface area contributed by atoms with Crippen molar-refractivity contribution in [2.45, 2.75) is 6.54 Å². The first-order valence-electron chi connectivity index (χ1n) is 7.87. The third-order valence-electron chi connectivity index (χ3n) is 3.74. The molecule has 0 radical (unpaired) electrons. The van der Waals surface area contributed by atoms with Gasteiger partial charge in [-0.15, -0.1) is 0 Å². The lowest BCUT2D eigenvalue weighted by molar-refractivity contribution is 0.0951. The second-order valence-electron chi connectivity index (χ2n) is 5.52. The number of aromatic nitrogens is 2. The van der Waals surface area contributed by atoms with Gasteiger partial charge >= 0.3 is 0 Å². The fourth-order valence-electron chi connectivity index (χ4n) is 2.37. The highest BCUT2D eigenvalue weighted by molar-refractivity contribution is 6.39. The summed E-state index contributed by atoms with van der Waals surface area (Å²) in [5.41, 5.74) is 1.38. The summed E-state index contributed by atoms with van der Waals surface area (Å²) in [6.45, 7) is 0.210. The van der Waals surface area contributed by atoms with Gasteiger partial charge in [-0.25, -0.2) is 9.37 Å². The first kappa shape index (κ1) is 19.1. The molecule has 2 heterocycles. The van der Waals surface area contributed by atoms with Crippen molar-refractivity contribution in [2.75, 3.05) is 7.11 Å². The van der Waals surface area contributed by atoms with Crippen LogP contribution < -0.4 is 10.1 Å². The summed E-state index contributed by atoms with van der Waals surface area (Å²) in [6.07, 6.45) is 1.53. The highest BCUT2D eigenvalue weighted by atomic mass is 35.5. The second kappa shape index (κ2) is 8.33. The van der Waals surface area contributed by atoms with Crippen LogP contribution in [-0.2, 0) is 6.54 Å². The van der Waals surface area contributed by atoms with Gasteiger partial charge in [-0.05, 0) is 29.8 Å². The van der Waals surface area contributed by atoms with Gasteiger partial charge in [0.05, 0.1) is 28.4 Å². The van der Waals surface area contributed by atoms with Gasteiger partial charge in [-0.2, -0.15) is 0 Å². The zero-order valence-corrected chi connectivity index (χ0v) is 15.7. The molecule has 0 spiro atoms. The molecule has 3 aromatic rings. The van der Waals surface area contributed by atoms with Gasteiger partial charge in [0.1, 0.15) is 5.69 Å². The Kier molecular flexibility index (Phi) is 5.88. The lowest BCUT2D eigenvalue weighted by atomic mass is 10.2. The maximum atomic E-state index is 14.0. The van der Waals surface area contributed by atoms with E-state index in [9.17, 15) is 9.18 Å². The standard InChI is InChI=1S/C19H14Cl2FN3O2/c1-27-16-8-6-14(22)18(25-16)15-7-5-11(9-23-15)10-24-19(26)17-12(20)3-2-4-13(17)21/h2-9H,10H2,1H3,(H,24,26). The highest BCUT2D eigenvalue weighted by Crippen LogP contribution is 2.24. The number of benzene rings is 1. The Bertz CT molecular complexity index is 961. The number of hydrogen-bond acceptors (Lipinski definition) is 4. The molecule has 8 heteroatoms. The SMILES string of the molecule is COc1ccc(F)c(-c2ccc(CNC(=O)c3c(Cl)cccc3Cl)cn2)n1. The minimum Gasteiger partial charge on any atom is -0.481 e. The summed E-state index contributed by atoms with van der Waals surface area (Å²) >= 11 is 12.0. The van der Waals surface area contributed by atoms with Crippen LogP contribution in [0.25, 0.3) is 11.4 Å². The van der Waals surface area contributed by atoms with Gasteiger partial charge < -0.3 is 10.1 Å². The van der Waals surface area contributed by atoms with Crippen LogP contribution in [0.15, 0.2) is 48.7 Å². The quantitative estimate of drug-likeness (QED) is 0.677. The lowest BCUT2D eigenvalue weighted by Gasteiger charge is -2.09. The monoisotopic (exact) mass is 405 g/mol. The summed E-state index contributed by atoms with van der Waals surface area (Å²) in [6, 6.07) is 10.9. The molecule has 0 bridgehead atoms. The van der Waals surface area contributed by atoms with Crippen molar-refractivity contribution >= 4 is 29.1 Å². The van der Waals surface area contributed by atoms with Crippen molar-refractivity contribution in [3.63, 3.8) is 0 Å². The van der Waals surface area contributed by atoms with E-state index < -0.39 is 11.7 Å².